The minimum atomic E-state index is -0.513. The van der Waals surface area contributed by atoms with E-state index >= 15 is 0 Å². The van der Waals surface area contributed by atoms with Gasteiger partial charge < -0.3 is 11.1 Å². The second-order valence-corrected chi connectivity index (χ2v) is 6.35. The van der Waals surface area contributed by atoms with Crippen LogP contribution in [0, 0.1) is 6.92 Å². The molecule has 3 rings (SSSR count). The molecule has 1 unspecified atom stereocenters. The van der Waals surface area contributed by atoms with E-state index in [2.05, 4.69) is 15.5 Å². The SMILES string of the molecule is Cc1[nH]nc2ccc(NC(=O)C(CN)c3ccc(Cl)c(Cl)c3)cc12. The van der Waals surface area contributed by atoms with E-state index in [1.165, 1.54) is 0 Å². The number of fused-ring (bicyclic) bond motifs is 1. The van der Waals surface area contributed by atoms with Crippen molar-refractivity contribution in [2.24, 2.45) is 5.73 Å². The molecule has 0 saturated carbocycles. The monoisotopic (exact) mass is 362 g/mol. The second kappa shape index (κ2) is 6.81. The number of H-pyrrole nitrogens is 1. The Hall–Kier alpha value is -2.08. The fraction of sp³-hybridized carbons (Fsp3) is 0.176. The quantitative estimate of drug-likeness (QED) is 0.658. The molecule has 1 atom stereocenters. The number of halogens is 2. The first-order valence-corrected chi connectivity index (χ1v) is 8.16. The summed E-state index contributed by atoms with van der Waals surface area (Å²) in [5, 5.41) is 11.8. The van der Waals surface area contributed by atoms with E-state index in [1.54, 1.807) is 18.2 Å². The highest BCUT2D eigenvalue weighted by molar-refractivity contribution is 6.42. The molecule has 1 amide bonds. The van der Waals surface area contributed by atoms with Crippen LogP contribution < -0.4 is 11.1 Å². The highest BCUT2D eigenvalue weighted by atomic mass is 35.5. The number of aromatic nitrogens is 2. The van der Waals surface area contributed by atoms with Crippen LogP contribution in [0.4, 0.5) is 5.69 Å². The summed E-state index contributed by atoms with van der Waals surface area (Å²) in [5.41, 5.74) is 9.01. The molecule has 0 fully saturated rings. The van der Waals surface area contributed by atoms with Crippen molar-refractivity contribution in [3.8, 4) is 0 Å². The van der Waals surface area contributed by atoms with Crippen molar-refractivity contribution < 1.29 is 4.79 Å². The summed E-state index contributed by atoms with van der Waals surface area (Å²) < 4.78 is 0. The predicted octanol–water partition coefficient (Wildman–Crippen LogP) is 3.86. The molecule has 4 N–H and O–H groups in total. The van der Waals surface area contributed by atoms with Crippen LogP contribution in [0.25, 0.3) is 10.9 Å². The van der Waals surface area contributed by atoms with Gasteiger partial charge >= 0.3 is 0 Å². The molecule has 1 aromatic heterocycles. The zero-order chi connectivity index (χ0) is 17.3. The minimum Gasteiger partial charge on any atom is -0.329 e. The molecular weight excluding hydrogens is 347 g/mol. The van der Waals surface area contributed by atoms with Gasteiger partial charge in [-0.15, -0.1) is 0 Å². The molecular formula is C17H16Cl2N4O. The van der Waals surface area contributed by atoms with Crippen LogP contribution in [0.1, 0.15) is 17.2 Å². The molecule has 7 heteroatoms. The molecule has 0 bridgehead atoms. The fourth-order valence-corrected chi connectivity index (χ4v) is 2.88. The number of nitrogens with zero attached hydrogens (tertiary/aromatic N) is 1. The van der Waals surface area contributed by atoms with Gasteiger partial charge in [0.25, 0.3) is 0 Å². The number of anilines is 1. The molecule has 3 aromatic rings. The Morgan fingerprint density at radius 3 is 2.75 bits per heavy atom. The Morgan fingerprint density at radius 2 is 2.04 bits per heavy atom. The summed E-state index contributed by atoms with van der Waals surface area (Å²) in [6, 6.07) is 10.6. The van der Waals surface area contributed by atoms with Crippen LogP contribution >= 0.6 is 23.2 Å². The lowest BCUT2D eigenvalue weighted by molar-refractivity contribution is -0.117. The van der Waals surface area contributed by atoms with Crippen molar-refractivity contribution in [2.75, 3.05) is 11.9 Å². The van der Waals surface area contributed by atoms with Crippen molar-refractivity contribution >= 4 is 45.7 Å². The lowest BCUT2D eigenvalue weighted by Gasteiger charge is -2.16. The van der Waals surface area contributed by atoms with Gasteiger partial charge in [-0.3, -0.25) is 9.89 Å². The Balaban J connectivity index is 1.85. The van der Waals surface area contributed by atoms with Gasteiger partial charge in [-0.05, 0) is 42.8 Å². The average Bonchev–Trinajstić information content (AvgIpc) is 2.92. The Labute approximate surface area is 149 Å². The third-order valence-corrected chi connectivity index (χ3v) is 4.65. The molecule has 0 aliphatic rings. The predicted molar refractivity (Wildman–Crippen MR) is 97.7 cm³/mol. The van der Waals surface area contributed by atoms with E-state index in [-0.39, 0.29) is 12.5 Å². The van der Waals surface area contributed by atoms with Crippen LogP contribution in [0.5, 0.6) is 0 Å². The molecule has 1 heterocycles. The second-order valence-electron chi connectivity index (χ2n) is 5.53. The first kappa shape index (κ1) is 16.8. The summed E-state index contributed by atoms with van der Waals surface area (Å²) in [7, 11) is 0. The lowest BCUT2D eigenvalue weighted by Crippen LogP contribution is -2.27. The Kier molecular flexibility index (Phi) is 4.76. The molecule has 0 aliphatic carbocycles. The minimum absolute atomic E-state index is 0.163. The van der Waals surface area contributed by atoms with Gasteiger partial charge in [0.05, 0.1) is 21.5 Å². The summed E-state index contributed by atoms with van der Waals surface area (Å²) >= 11 is 12.0. The van der Waals surface area contributed by atoms with Crippen LogP contribution in [-0.4, -0.2) is 22.6 Å². The van der Waals surface area contributed by atoms with E-state index in [9.17, 15) is 4.79 Å². The van der Waals surface area contributed by atoms with Gasteiger partial charge in [0.15, 0.2) is 0 Å². The van der Waals surface area contributed by atoms with Crippen molar-refractivity contribution in [3.63, 3.8) is 0 Å². The van der Waals surface area contributed by atoms with Crippen LogP contribution in [-0.2, 0) is 4.79 Å². The zero-order valence-corrected chi connectivity index (χ0v) is 14.4. The topological polar surface area (TPSA) is 83.8 Å². The molecule has 24 heavy (non-hydrogen) atoms. The van der Waals surface area contributed by atoms with Gasteiger partial charge in [-0.25, -0.2) is 0 Å². The van der Waals surface area contributed by atoms with Gasteiger partial charge in [0, 0.05) is 23.3 Å². The van der Waals surface area contributed by atoms with Gasteiger partial charge in [0.1, 0.15) is 0 Å². The molecule has 5 nitrogen and oxygen atoms in total. The van der Waals surface area contributed by atoms with Crippen molar-refractivity contribution in [1.82, 2.24) is 10.2 Å². The number of hydrogen-bond donors (Lipinski definition) is 3. The van der Waals surface area contributed by atoms with Crippen LogP contribution in [0.3, 0.4) is 0 Å². The van der Waals surface area contributed by atoms with Crippen LogP contribution in [0.15, 0.2) is 36.4 Å². The average molecular weight is 363 g/mol. The first-order valence-electron chi connectivity index (χ1n) is 7.40. The van der Waals surface area contributed by atoms with E-state index in [1.807, 2.05) is 25.1 Å². The maximum absolute atomic E-state index is 12.6. The summed E-state index contributed by atoms with van der Waals surface area (Å²) in [5.74, 6) is -0.711. The molecule has 0 aliphatic heterocycles. The number of rotatable bonds is 4. The third kappa shape index (κ3) is 3.24. The number of benzene rings is 2. The number of aromatic amines is 1. The van der Waals surface area contributed by atoms with Crippen molar-refractivity contribution in [3.05, 3.63) is 57.7 Å². The van der Waals surface area contributed by atoms with Gasteiger partial charge in [-0.1, -0.05) is 29.3 Å². The van der Waals surface area contributed by atoms with Gasteiger partial charge in [0.2, 0.25) is 5.91 Å². The van der Waals surface area contributed by atoms with Gasteiger partial charge in [-0.2, -0.15) is 5.10 Å². The zero-order valence-electron chi connectivity index (χ0n) is 12.9. The normalized spacial score (nSPS) is 12.3. The largest absolute Gasteiger partial charge is 0.329 e. The highest BCUT2D eigenvalue weighted by Gasteiger charge is 2.20. The van der Waals surface area contributed by atoms with E-state index in [4.69, 9.17) is 28.9 Å². The number of nitrogens with one attached hydrogen (secondary N) is 2. The third-order valence-electron chi connectivity index (χ3n) is 3.91. The number of nitrogens with two attached hydrogens (primary N) is 1. The number of carbonyl (C=O) groups excluding carboxylic acids is 1. The van der Waals surface area contributed by atoms with Crippen molar-refractivity contribution in [2.45, 2.75) is 12.8 Å². The summed E-state index contributed by atoms with van der Waals surface area (Å²) in [6.07, 6.45) is 0. The number of aryl methyl sites for hydroxylation is 1. The molecule has 0 saturated heterocycles. The lowest BCUT2D eigenvalue weighted by atomic mass is 9.98. The molecule has 0 radical (unpaired) electrons. The fourth-order valence-electron chi connectivity index (χ4n) is 2.57. The smallest absolute Gasteiger partial charge is 0.233 e. The van der Waals surface area contributed by atoms with E-state index in [0.717, 1.165) is 22.2 Å². The number of amides is 1. The molecule has 0 spiro atoms. The maximum atomic E-state index is 12.6. The number of hydrogen-bond acceptors (Lipinski definition) is 3. The highest BCUT2D eigenvalue weighted by Crippen LogP contribution is 2.27. The Morgan fingerprint density at radius 1 is 1.25 bits per heavy atom. The van der Waals surface area contributed by atoms with E-state index in [0.29, 0.717) is 15.7 Å². The summed E-state index contributed by atoms with van der Waals surface area (Å²) in [6.45, 7) is 2.09. The van der Waals surface area contributed by atoms with Crippen molar-refractivity contribution in [1.29, 1.82) is 0 Å². The molecule has 2 aromatic carbocycles. The first-order chi connectivity index (χ1) is 11.5. The Bertz CT molecular complexity index is 907. The van der Waals surface area contributed by atoms with Crippen LogP contribution in [0.2, 0.25) is 10.0 Å². The number of carbonyl (C=O) groups is 1. The molecule has 124 valence electrons. The standard InChI is InChI=1S/C17H16Cl2N4O/c1-9-12-7-11(3-5-16(12)23-22-9)21-17(24)13(8-20)10-2-4-14(18)15(19)6-10/h2-7,13H,8,20H2,1H3,(H,21,24)(H,22,23). The maximum Gasteiger partial charge on any atom is 0.233 e. The van der Waals surface area contributed by atoms with E-state index < -0.39 is 5.92 Å². The summed E-state index contributed by atoms with van der Waals surface area (Å²) in [4.78, 5) is 12.6.